The largest absolute Gasteiger partial charge is 0.0917 e. The summed E-state index contributed by atoms with van der Waals surface area (Å²) in [6, 6.07) is 0. The van der Waals surface area contributed by atoms with Crippen molar-refractivity contribution in [2.75, 3.05) is 0 Å². The summed E-state index contributed by atoms with van der Waals surface area (Å²) < 4.78 is 0. The van der Waals surface area contributed by atoms with E-state index in [4.69, 9.17) is 0 Å². The van der Waals surface area contributed by atoms with E-state index >= 15 is 0 Å². The third kappa shape index (κ3) is 3.37. The van der Waals surface area contributed by atoms with Crippen LogP contribution in [0.2, 0.25) is 0 Å². The van der Waals surface area contributed by atoms with Crippen molar-refractivity contribution in [3.63, 3.8) is 0 Å². The fourth-order valence-electron chi connectivity index (χ4n) is 3.83. The minimum Gasteiger partial charge on any atom is -0.0917 e. The lowest BCUT2D eigenvalue weighted by Crippen LogP contribution is -2.23. The second-order valence-electron chi connectivity index (χ2n) is 5.98. The minimum atomic E-state index is 1.01. The number of hydrogen-bond acceptors (Lipinski definition) is 0. The summed E-state index contributed by atoms with van der Waals surface area (Å²) in [5, 5.41) is 0. The highest BCUT2D eigenvalue weighted by Gasteiger charge is 2.27. The molecule has 0 aromatic carbocycles. The fraction of sp³-hybridized carbons (Fsp3) is 0.875. The van der Waals surface area contributed by atoms with Crippen LogP contribution >= 0.6 is 0 Å². The second-order valence-corrected chi connectivity index (χ2v) is 5.98. The Bertz CT molecular complexity index is 202. The third-order valence-corrected chi connectivity index (χ3v) is 4.91. The standard InChI is InChI=1S/C16H28/c1-2-3-7-14-10-12-16(13-11-14)15-8-5-4-6-9-15/h2-3,14-16H,4-13H2,1H3/b3-2+. The summed E-state index contributed by atoms with van der Waals surface area (Å²) in [5.41, 5.74) is 0. The van der Waals surface area contributed by atoms with Crippen LogP contribution in [0, 0.1) is 17.8 Å². The fourth-order valence-corrected chi connectivity index (χ4v) is 3.83. The van der Waals surface area contributed by atoms with Crippen molar-refractivity contribution in [1.29, 1.82) is 0 Å². The first-order valence-corrected chi connectivity index (χ1v) is 7.51. The van der Waals surface area contributed by atoms with E-state index in [-0.39, 0.29) is 0 Å². The highest BCUT2D eigenvalue weighted by Crippen LogP contribution is 2.40. The molecule has 0 nitrogen and oxygen atoms in total. The molecular weight excluding hydrogens is 192 g/mol. The van der Waals surface area contributed by atoms with Gasteiger partial charge in [0.2, 0.25) is 0 Å². The quantitative estimate of drug-likeness (QED) is 0.563. The smallest absolute Gasteiger partial charge is 0.0322 e. The van der Waals surface area contributed by atoms with Gasteiger partial charge < -0.3 is 0 Å². The zero-order valence-electron chi connectivity index (χ0n) is 11.0. The lowest BCUT2D eigenvalue weighted by Gasteiger charge is -2.35. The van der Waals surface area contributed by atoms with Gasteiger partial charge in [-0.05, 0) is 56.8 Å². The van der Waals surface area contributed by atoms with Crippen LogP contribution in [0.3, 0.4) is 0 Å². The van der Waals surface area contributed by atoms with Gasteiger partial charge in [0.05, 0.1) is 0 Å². The molecule has 2 aliphatic carbocycles. The molecule has 16 heavy (non-hydrogen) atoms. The van der Waals surface area contributed by atoms with Crippen molar-refractivity contribution >= 4 is 0 Å². The summed E-state index contributed by atoms with van der Waals surface area (Å²) in [5.74, 6) is 3.22. The molecule has 0 aliphatic heterocycles. The maximum atomic E-state index is 2.37. The normalized spacial score (nSPS) is 33.3. The maximum absolute atomic E-state index is 2.37. The lowest BCUT2D eigenvalue weighted by molar-refractivity contribution is 0.168. The van der Waals surface area contributed by atoms with Gasteiger partial charge in [-0.3, -0.25) is 0 Å². The highest BCUT2D eigenvalue weighted by molar-refractivity contribution is 4.85. The maximum Gasteiger partial charge on any atom is -0.0322 e. The van der Waals surface area contributed by atoms with E-state index in [1.807, 2.05) is 0 Å². The van der Waals surface area contributed by atoms with Gasteiger partial charge in [0.25, 0.3) is 0 Å². The molecule has 0 saturated heterocycles. The van der Waals surface area contributed by atoms with Crippen molar-refractivity contribution in [3.05, 3.63) is 12.2 Å². The molecule has 0 heterocycles. The van der Waals surface area contributed by atoms with E-state index in [0.29, 0.717) is 0 Å². The van der Waals surface area contributed by atoms with Gasteiger partial charge in [-0.25, -0.2) is 0 Å². The SMILES string of the molecule is C/C=C/CC1CCC(C2CCCCC2)CC1. The molecule has 0 aromatic rings. The molecule has 0 spiro atoms. The van der Waals surface area contributed by atoms with E-state index in [1.165, 1.54) is 51.4 Å². The lowest BCUT2D eigenvalue weighted by atomic mass is 9.70. The Hall–Kier alpha value is -0.260. The van der Waals surface area contributed by atoms with Gasteiger partial charge in [0.15, 0.2) is 0 Å². The van der Waals surface area contributed by atoms with Gasteiger partial charge >= 0.3 is 0 Å². The first-order chi connectivity index (χ1) is 7.90. The minimum absolute atomic E-state index is 1.01. The summed E-state index contributed by atoms with van der Waals surface area (Å²) >= 11 is 0. The van der Waals surface area contributed by atoms with Crippen LogP contribution in [0.25, 0.3) is 0 Å². The van der Waals surface area contributed by atoms with E-state index < -0.39 is 0 Å². The zero-order chi connectivity index (χ0) is 11.2. The molecule has 2 fully saturated rings. The molecular formula is C16H28. The van der Waals surface area contributed by atoms with E-state index in [1.54, 1.807) is 12.8 Å². The summed E-state index contributed by atoms with van der Waals surface area (Å²) in [6.45, 7) is 2.15. The van der Waals surface area contributed by atoms with Crippen LogP contribution in [-0.4, -0.2) is 0 Å². The van der Waals surface area contributed by atoms with Gasteiger partial charge in [-0.1, -0.05) is 44.3 Å². The third-order valence-electron chi connectivity index (χ3n) is 4.91. The molecule has 0 amide bonds. The molecule has 92 valence electrons. The number of allylic oxidation sites excluding steroid dienone is 2. The molecule has 2 rings (SSSR count). The number of rotatable bonds is 3. The van der Waals surface area contributed by atoms with Crippen molar-refractivity contribution in [2.45, 2.75) is 71.1 Å². The van der Waals surface area contributed by atoms with Gasteiger partial charge in [-0.15, -0.1) is 0 Å². The topological polar surface area (TPSA) is 0 Å². The number of hydrogen-bond donors (Lipinski definition) is 0. The summed E-state index contributed by atoms with van der Waals surface area (Å²) in [7, 11) is 0. The van der Waals surface area contributed by atoms with Crippen LogP contribution in [0.4, 0.5) is 0 Å². The molecule has 0 bridgehead atoms. The average molecular weight is 220 g/mol. The first-order valence-electron chi connectivity index (χ1n) is 7.51. The average Bonchev–Trinajstić information content (AvgIpc) is 2.38. The van der Waals surface area contributed by atoms with Crippen molar-refractivity contribution in [1.82, 2.24) is 0 Å². The molecule has 0 heteroatoms. The molecule has 2 saturated carbocycles. The van der Waals surface area contributed by atoms with E-state index in [9.17, 15) is 0 Å². The molecule has 0 radical (unpaired) electrons. The van der Waals surface area contributed by atoms with Crippen LogP contribution in [0.5, 0.6) is 0 Å². The van der Waals surface area contributed by atoms with Crippen LogP contribution in [-0.2, 0) is 0 Å². The van der Waals surface area contributed by atoms with Crippen molar-refractivity contribution < 1.29 is 0 Å². The van der Waals surface area contributed by atoms with E-state index in [0.717, 1.165) is 17.8 Å². The van der Waals surface area contributed by atoms with E-state index in [2.05, 4.69) is 19.1 Å². The zero-order valence-corrected chi connectivity index (χ0v) is 11.0. The molecule has 0 N–H and O–H groups in total. The predicted octanol–water partition coefficient (Wildman–Crippen LogP) is 5.34. The van der Waals surface area contributed by atoms with Crippen molar-refractivity contribution in [3.8, 4) is 0 Å². The Morgan fingerprint density at radius 1 is 0.812 bits per heavy atom. The Kier molecular flexibility index (Phi) is 4.93. The second kappa shape index (κ2) is 6.47. The highest BCUT2D eigenvalue weighted by atomic mass is 14.3. The van der Waals surface area contributed by atoms with Crippen molar-refractivity contribution in [2.24, 2.45) is 17.8 Å². The van der Waals surface area contributed by atoms with Gasteiger partial charge in [-0.2, -0.15) is 0 Å². The van der Waals surface area contributed by atoms with Gasteiger partial charge in [0, 0.05) is 0 Å². The summed E-state index contributed by atoms with van der Waals surface area (Å²) in [4.78, 5) is 0. The Morgan fingerprint density at radius 3 is 2.06 bits per heavy atom. The Morgan fingerprint density at radius 2 is 1.44 bits per heavy atom. The Balaban J connectivity index is 1.71. The first kappa shape index (κ1) is 12.2. The molecule has 0 aromatic heterocycles. The van der Waals surface area contributed by atoms with Crippen LogP contribution < -0.4 is 0 Å². The van der Waals surface area contributed by atoms with Crippen LogP contribution in [0.1, 0.15) is 71.1 Å². The summed E-state index contributed by atoms with van der Waals surface area (Å²) in [6.07, 6.45) is 19.6. The predicted molar refractivity (Wildman–Crippen MR) is 71.5 cm³/mol. The molecule has 2 aliphatic rings. The van der Waals surface area contributed by atoms with Crippen LogP contribution in [0.15, 0.2) is 12.2 Å². The molecule has 0 unspecified atom stereocenters. The monoisotopic (exact) mass is 220 g/mol. The van der Waals surface area contributed by atoms with Gasteiger partial charge in [0.1, 0.15) is 0 Å². The Labute approximate surface area is 102 Å². The molecule has 0 atom stereocenters.